The summed E-state index contributed by atoms with van der Waals surface area (Å²) in [6.45, 7) is 2.21. The average Bonchev–Trinajstić information content (AvgIpc) is 2.62. The number of aryl methyl sites for hydroxylation is 1. The molecule has 0 saturated carbocycles. The molecule has 0 atom stereocenters. The summed E-state index contributed by atoms with van der Waals surface area (Å²) in [5.41, 5.74) is 2.52. The van der Waals surface area contributed by atoms with E-state index in [4.69, 9.17) is 0 Å². The molecule has 0 aromatic heterocycles. The summed E-state index contributed by atoms with van der Waals surface area (Å²) in [5, 5.41) is 19.7. The van der Waals surface area contributed by atoms with Crippen LogP contribution in [0.1, 0.15) is 67.8 Å². The monoisotopic (exact) mass is 404 g/mol. The number of carboxylic acids is 1. The number of benzene rings is 2. The summed E-state index contributed by atoms with van der Waals surface area (Å²) >= 11 is 0. The van der Waals surface area contributed by atoms with Crippen molar-refractivity contribution in [1.82, 2.24) is 0 Å². The molecule has 0 aliphatic carbocycles. The third-order valence-electron chi connectivity index (χ3n) is 4.58. The van der Waals surface area contributed by atoms with Gasteiger partial charge < -0.3 is 10.2 Å². The van der Waals surface area contributed by atoms with E-state index in [1.807, 2.05) is 36.4 Å². The molecule has 4 heteroatoms. The van der Waals surface area contributed by atoms with Crippen LogP contribution in [0.4, 0.5) is 0 Å². The van der Waals surface area contributed by atoms with Gasteiger partial charge >= 0.3 is 5.97 Å². The van der Waals surface area contributed by atoms with Gasteiger partial charge in [-0.05, 0) is 41.7 Å². The Morgan fingerprint density at radius 3 is 2.12 bits per heavy atom. The predicted octanol–water partition coefficient (Wildman–Crippen LogP) is 6.05. The van der Waals surface area contributed by atoms with Gasteiger partial charge in [0, 0.05) is 19.5 Å². The fourth-order valence-electron chi connectivity index (χ4n) is 3.12. The molecule has 0 heterocycles. The molecule has 0 aliphatic rings. The predicted molar refractivity (Wildman–Crippen MR) is 102 cm³/mol. The van der Waals surface area contributed by atoms with E-state index in [1.165, 1.54) is 32.1 Å². The minimum Gasteiger partial charge on any atom is -0.507 e. The zero-order chi connectivity index (χ0) is 18.1. The first kappa shape index (κ1) is 22.4. The van der Waals surface area contributed by atoms with E-state index in [-0.39, 0.29) is 30.8 Å². The molecular formula is C22H28O3Zn. The molecule has 0 spiro atoms. The Bertz CT molecular complexity index is 683. The summed E-state index contributed by atoms with van der Waals surface area (Å²) in [6.07, 6.45) is 9.07. The zero-order valence-corrected chi connectivity index (χ0v) is 18.7. The number of carboxylic acid groups (broad SMARTS) is 1. The normalized spacial score (nSPS) is 10.3. The van der Waals surface area contributed by atoms with Gasteiger partial charge in [-0.3, -0.25) is 0 Å². The van der Waals surface area contributed by atoms with Crippen LogP contribution in [-0.4, -0.2) is 16.2 Å². The molecule has 2 aromatic carbocycles. The second kappa shape index (κ2) is 11.9. The first-order valence-electron chi connectivity index (χ1n) is 9.28. The van der Waals surface area contributed by atoms with Gasteiger partial charge in [-0.25, -0.2) is 4.79 Å². The van der Waals surface area contributed by atoms with Crippen LogP contribution in [0.2, 0.25) is 0 Å². The van der Waals surface area contributed by atoms with E-state index < -0.39 is 5.97 Å². The van der Waals surface area contributed by atoms with Gasteiger partial charge in [0.2, 0.25) is 0 Å². The Morgan fingerprint density at radius 1 is 0.885 bits per heavy atom. The van der Waals surface area contributed by atoms with E-state index in [2.05, 4.69) is 6.92 Å². The second-order valence-corrected chi connectivity index (χ2v) is 6.57. The fourth-order valence-corrected chi connectivity index (χ4v) is 3.12. The molecule has 0 unspecified atom stereocenters. The van der Waals surface area contributed by atoms with Crippen LogP contribution in [-0.2, 0) is 25.9 Å². The largest absolute Gasteiger partial charge is 0.507 e. The number of rotatable bonds is 10. The summed E-state index contributed by atoms with van der Waals surface area (Å²) in [5.74, 6) is -1.17. The maximum Gasteiger partial charge on any atom is 0.339 e. The van der Waals surface area contributed by atoms with Crippen molar-refractivity contribution in [2.24, 2.45) is 0 Å². The van der Waals surface area contributed by atoms with Crippen LogP contribution >= 0.6 is 0 Å². The van der Waals surface area contributed by atoms with Crippen LogP contribution < -0.4 is 0 Å². The maximum absolute atomic E-state index is 11.5. The van der Waals surface area contributed by atoms with Gasteiger partial charge in [0.25, 0.3) is 0 Å². The third-order valence-corrected chi connectivity index (χ3v) is 4.58. The van der Waals surface area contributed by atoms with Gasteiger partial charge in [0.15, 0.2) is 0 Å². The van der Waals surface area contributed by atoms with Crippen molar-refractivity contribution in [3.63, 3.8) is 0 Å². The summed E-state index contributed by atoms with van der Waals surface area (Å²) in [4.78, 5) is 11.5. The van der Waals surface area contributed by atoms with Crippen LogP contribution in [0, 0.1) is 0 Å². The zero-order valence-electron chi connectivity index (χ0n) is 15.7. The number of carbonyl (C=O) groups is 1. The van der Waals surface area contributed by atoms with E-state index in [0.29, 0.717) is 6.42 Å². The quantitative estimate of drug-likeness (QED) is 0.374. The first-order chi connectivity index (χ1) is 12.1. The van der Waals surface area contributed by atoms with Crippen molar-refractivity contribution in [3.8, 4) is 16.9 Å². The number of phenols is 1. The van der Waals surface area contributed by atoms with Crippen molar-refractivity contribution in [3.05, 3.63) is 53.6 Å². The number of aromatic carboxylic acids is 1. The van der Waals surface area contributed by atoms with Crippen molar-refractivity contribution in [2.75, 3.05) is 0 Å². The van der Waals surface area contributed by atoms with Crippen molar-refractivity contribution in [1.29, 1.82) is 0 Å². The van der Waals surface area contributed by atoms with Gasteiger partial charge in [-0.15, -0.1) is 0 Å². The maximum atomic E-state index is 11.5. The molecule has 0 amide bonds. The number of aromatic hydroxyl groups is 1. The van der Waals surface area contributed by atoms with Crippen LogP contribution in [0.3, 0.4) is 0 Å². The van der Waals surface area contributed by atoms with E-state index in [0.717, 1.165) is 29.5 Å². The smallest absolute Gasteiger partial charge is 0.339 e. The van der Waals surface area contributed by atoms with Crippen LogP contribution in [0.25, 0.3) is 11.1 Å². The summed E-state index contributed by atoms with van der Waals surface area (Å²) in [6, 6.07) is 13.2. The molecule has 0 radical (unpaired) electrons. The Labute approximate surface area is 169 Å². The van der Waals surface area contributed by atoms with Gasteiger partial charge in [-0.2, -0.15) is 0 Å². The Hall–Kier alpha value is -1.67. The molecule has 0 saturated heterocycles. The van der Waals surface area contributed by atoms with E-state index in [1.54, 1.807) is 6.07 Å². The third kappa shape index (κ3) is 6.57. The Morgan fingerprint density at radius 2 is 1.50 bits per heavy atom. The summed E-state index contributed by atoms with van der Waals surface area (Å²) in [7, 11) is 0. The van der Waals surface area contributed by atoms with E-state index >= 15 is 0 Å². The molecule has 2 aromatic rings. The number of hydrogen-bond donors (Lipinski definition) is 2. The standard InChI is InChI=1S/C22H28O3.Zn/c1-2-3-4-5-6-7-9-14-18-15-19(17-12-10-8-11-13-17)16-20(21(18)23)22(24)25;/h8,10-13,15-16,23H,2-7,9,14H2,1H3,(H,24,25);. The van der Waals surface area contributed by atoms with Crippen LogP contribution in [0.15, 0.2) is 42.5 Å². The Balaban J connectivity index is 0.00000338. The molecule has 2 N–H and O–H groups in total. The molecular weight excluding hydrogens is 378 g/mol. The topological polar surface area (TPSA) is 57.5 Å². The van der Waals surface area contributed by atoms with Crippen LogP contribution in [0.5, 0.6) is 5.75 Å². The van der Waals surface area contributed by atoms with Gasteiger partial charge in [0.1, 0.15) is 11.3 Å². The molecule has 136 valence electrons. The minimum absolute atomic E-state index is 0. The second-order valence-electron chi connectivity index (χ2n) is 6.57. The fraction of sp³-hybridized carbons (Fsp3) is 0.409. The van der Waals surface area contributed by atoms with Crippen molar-refractivity contribution < 1.29 is 34.5 Å². The first-order valence-corrected chi connectivity index (χ1v) is 9.28. The average molecular weight is 406 g/mol. The molecule has 0 bridgehead atoms. The van der Waals surface area contributed by atoms with Gasteiger partial charge in [0.05, 0.1) is 0 Å². The molecule has 0 fully saturated rings. The molecule has 3 nitrogen and oxygen atoms in total. The number of unbranched alkanes of at least 4 members (excludes halogenated alkanes) is 6. The molecule has 26 heavy (non-hydrogen) atoms. The molecule has 2 rings (SSSR count). The summed E-state index contributed by atoms with van der Waals surface area (Å²) < 4.78 is 0. The Kier molecular flexibility index (Phi) is 10.2. The van der Waals surface area contributed by atoms with Gasteiger partial charge in [-0.1, -0.05) is 75.8 Å². The minimum atomic E-state index is -1.09. The van der Waals surface area contributed by atoms with Crippen molar-refractivity contribution >= 4 is 5.97 Å². The SMILES string of the molecule is CCCCCCCCCc1cc(-c2ccccc2)cc(C(=O)O)c1O.[Zn]. The molecule has 0 aliphatic heterocycles. The van der Waals surface area contributed by atoms with Crippen molar-refractivity contribution in [2.45, 2.75) is 58.3 Å². The van der Waals surface area contributed by atoms with E-state index in [9.17, 15) is 15.0 Å². The number of hydrogen-bond acceptors (Lipinski definition) is 2.